The van der Waals surface area contributed by atoms with Gasteiger partial charge in [-0.05, 0) is 12.1 Å². The van der Waals surface area contributed by atoms with Crippen molar-refractivity contribution in [2.75, 3.05) is 14.1 Å². The van der Waals surface area contributed by atoms with E-state index < -0.39 is 23.8 Å². The van der Waals surface area contributed by atoms with Crippen LogP contribution in [-0.4, -0.2) is 67.8 Å². The molecule has 25 heavy (non-hydrogen) atoms. The number of hydrogen-bond acceptors (Lipinski definition) is 5. The Balaban J connectivity index is 1.91. The first kappa shape index (κ1) is 16.3. The zero-order valence-corrected chi connectivity index (χ0v) is 13.5. The van der Waals surface area contributed by atoms with E-state index in [1.165, 1.54) is 14.1 Å². The first-order valence-corrected chi connectivity index (χ1v) is 7.31. The van der Waals surface area contributed by atoms with Crippen LogP contribution in [0.4, 0.5) is 10.5 Å². The maximum Gasteiger partial charge on any atom is 0.502 e. The summed E-state index contributed by atoms with van der Waals surface area (Å²) in [5.41, 5.74) is 7.93. The molecule has 0 bridgehead atoms. The second kappa shape index (κ2) is 6.15. The van der Waals surface area contributed by atoms with Gasteiger partial charge in [0.2, 0.25) is 5.92 Å². The molecule has 1 atom stereocenters. The predicted molar refractivity (Wildman–Crippen MR) is 88.6 cm³/mol. The van der Waals surface area contributed by atoms with Crippen LogP contribution in [0.2, 0.25) is 0 Å². The number of amides is 3. The number of benzene rings is 1. The number of nitrogens with zero attached hydrogens (tertiary/aromatic N) is 5. The molecule has 1 unspecified atom stereocenters. The van der Waals surface area contributed by atoms with Crippen molar-refractivity contribution in [2.24, 2.45) is 16.6 Å². The summed E-state index contributed by atoms with van der Waals surface area (Å²) in [6.45, 7) is 0. The summed E-state index contributed by atoms with van der Waals surface area (Å²) in [7, 11) is 2.67. The topological polar surface area (TPSA) is 141 Å². The normalized spacial score (nSPS) is 18.9. The number of aliphatic hydroxyl groups excluding tert-OH is 1. The lowest BCUT2D eigenvalue weighted by Gasteiger charge is -2.21. The summed E-state index contributed by atoms with van der Waals surface area (Å²) in [5, 5.41) is 20.3. The number of nitrogens with one attached hydrogen (secondary N) is 1. The first-order chi connectivity index (χ1) is 11.9. The van der Waals surface area contributed by atoms with E-state index in [-0.39, 0.29) is 5.84 Å². The molecule has 1 aromatic heterocycles. The Morgan fingerprint density at radius 2 is 2.04 bits per heavy atom. The van der Waals surface area contributed by atoms with E-state index >= 15 is 0 Å². The number of H-pyrrole nitrogens is 1. The maximum absolute atomic E-state index is 12.3. The molecule has 2 aromatic rings. The minimum absolute atomic E-state index is 0.108. The van der Waals surface area contributed by atoms with Gasteiger partial charge in [-0.1, -0.05) is 12.1 Å². The lowest BCUT2D eigenvalue weighted by atomic mass is 10.0. The summed E-state index contributed by atoms with van der Waals surface area (Å²) in [4.78, 5) is 29.1. The molecule has 0 fully saturated rings. The Morgan fingerprint density at radius 3 is 2.64 bits per heavy atom. The van der Waals surface area contributed by atoms with Gasteiger partial charge in [-0.3, -0.25) is 0 Å². The number of carbonyl (C=O) groups is 2. The molecule has 0 spiro atoms. The Bertz CT molecular complexity index is 884. The average Bonchev–Trinajstić information content (AvgIpc) is 3.14. The number of rotatable bonds is 3. The summed E-state index contributed by atoms with van der Waals surface area (Å²) in [5.74, 6) is -2.40. The highest BCUT2D eigenvalue weighted by Gasteiger charge is 2.47. The van der Waals surface area contributed by atoms with E-state index in [9.17, 15) is 14.7 Å². The first-order valence-electron chi connectivity index (χ1n) is 7.31. The van der Waals surface area contributed by atoms with Gasteiger partial charge in [-0.25, -0.2) is 9.79 Å². The third-order valence-electron chi connectivity index (χ3n) is 3.89. The smallest absolute Gasteiger partial charge is 0.480 e. The van der Waals surface area contributed by atoms with Crippen LogP contribution in [0.3, 0.4) is 0 Å². The minimum atomic E-state index is -1.21. The number of aromatic nitrogens is 3. The van der Waals surface area contributed by atoms with Crippen LogP contribution in [0.15, 0.2) is 35.5 Å². The van der Waals surface area contributed by atoms with Crippen molar-refractivity contribution in [3.8, 4) is 11.3 Å². The Hall–Kier alpha value is -3.56. The fraction of sp³-hybridized carbons (Fsp3) is 0.200. The second-order valence-corrected chi connectivity index (χ2v) is 5.47. The summed E-state index contributed by atoms with van der Waals surface area (Å²) in [6.07, 6.45) is 1.59. The molecule has 2 heterocycles. The molecule has 1 aromatic carbocycles. The molecule has 0 aliphatic carbocycles. The highest BCUT2D eigenvalue weighted by molar-refractivity contribution is 6.21. The van der Waals surface area contributed by atoms with Gasteiger partial charge >= 0.3 is 11.9 Å². The lowest BCUT2D eigenvalue weighted by molar-refractivity contribution is -0.416. The SMILES string of the molecule is CN1C(=O)C(C(N)=Nc2ccc(-c3cn[nH]n3)cc2)C(O)=[N+](C)C1=O. The van der Waals surface area contributed by atoms with Crippen LogP contribution in [0.5, 0.6) is 0 Å². The van der Waals surface area contributed by atoms with Crippen LogP contribution in [0.1, 0.15) is 0 Å². The number of nitrogens with two attached hydrogens (primary N) is 1. The van der Waals surface area contributed by atoms with Crippen molar-refractivity contribution in [2.45, 2.75) is 0 Å². The summed E-state index contributed by atoms with van der Waals surface area (Å²) < 4.78 is 0.960. The number of amidine groups is 1. The molecule has 4 N–H and O–H groups in total. The van der Waals surface area contributed by atoms with Gasteiger partial charge in [0.1, 0.15) is 11.5 Å². The standard InChI is InChI=1S/C15H15N7O3/c1-21-13(23)11(14(24)22(2)15(21)25)12(16)18-9-5-3-8(4-6-9)10-7-17-20-19-10/h3-7,11H,1-2H3,(H3,16,17,18,19,20)/p+1. The summed E-state index contributed by atoms with van der Waals surface area (Å²) >= 11 is 0. The van der Waals surface area contributed by atoms with Crippen LogP contribution in [-0.2, 0) is 4.79 Å². The Morgan fingerprint density at radius 1 is 1.36 bits per heavy atom. The number of imide groups is 1. The number of hydrogen-bond donors (Lipinski definition) is 3. The molecular formula is C15H16N7O3+. The van der Waals surface area contributed by atoms with Crippen LogP contribution >= 0.6 is 0 Å². The molecule has 3 rings (SSSR count). The number of carbonyl (C=O) groups excluding carboxylic acids is 2. The molecule has 0 radical (unpaired) electrons. The van der Waals surface area contributed by atoms with E-state index in [1.807, 2.05) is 0 Å². The zero-order chi connectivity index (χ0) is 18.1. The van der Waals surface area contributed by atoms with Crippen LogP contribution in [0, 0.1) is 5.92 Å². The number of aromatic amines is 1. The minimum Gasteiger partial charge on any atom is -0.480 e. The average molecular weight is 342 g/mol. The zero-order valence-electron chi connectivity index (χ0n) is 13.5. The molecule has 3 amide bonds. The van der Waals surface area contributed by atoms with Gasteiger partial charge in [-0.2, -0.15) is 29.7 Å². The third-order valence-corrected chi connectivity index (χ3v) is 3.89. The van der Waals surface area contributed by atoms with E-state index in [0.717, 1.165) is 15.0 Å². The number of urea groups is 1. The number of aliphatic imine (C=N–C) groups is 1. The van der Waals surface area contributed by atoms with Gasteiger partial charge in [0.05, 0.1) is 26.0 Å². The van der Waals surface area contributed by atoms with E-state index in [1.54, 1.807) is 30.5 Å². The van der Waals surface area contributed by atoms with Crippen molar-refractivity contribution in [1.29, 1.82) is 0 Å². The molecule has 1 aliphatic heterocycles. The van der Waals surface area contributed by atoms with E-state index in [4.69, 9.17) is 5.73 Å². The van der Waals surface area contributed by atoms with Crippen molar-refractivity contribution in [3.05, 3.63) is 30.5 Å². The summed E-state index contributed by atoms with van der Waals surface area (Å²) in [6, 6.07) is 6.30. The quantitative estimate of drug-likeness (QED) is 0.415. The molecular weight excluding hydrogens is 326 g/mol. The lowest BCUT2D eigenvalue weighted by Crippen LogP contribution is -2.55. The second-order valence-electron chi connectivity index (χ2n) is 5.47. The van der Waals surface area contributed by atoms with Crippen molar-refractivity contribution in [3.63, 3.8) is 0 Å². The Kier molecular flexibility index (Phi) is 4.01. The number of aliphatic hydroxyl groups is 1. The Labute approximate surface area is 142 Å². The van der Waals surface area contributed by atoms with E-state index in [0.29, 0.717) is 11.4 Å². The maximum atomic E-state index is 12.3. The van der Waals surface area contributed by atoms with Gasteiger partial charge in [0, 0.05) is 5.56 Å². The predicted octanol–water partition coefficient (Wildman–Crippen LogP) is 0.267. The molecule has 1 aliphatic rings. The molecule has 0 saturated heterocycles. The van der Waals surface area contributed by atoms with Gasteiger partial charge in [-0.15, -0.1) is 0 Å². The third kappa shape index (κ3) is 2.84. The van der Waals surface area contributed by atoms with Gasteiger partial charge in [0.15, 0.2) is 0 Å². The van der Waals surface area contributed by atoms with Crippen LogP contribution < -0.4 is 5.73 Å². The van der Waals surface area contributed by atoms with Crippen LogP contribution in [0.25, 0.3) is 11.3 Å². The fourth-order valence-corrected chi connectivity index (χ4v) is 2.43. The van der Waals surface area contributed by atoms with Crippen molar-refractivity contribution in [1.82, 2.24) is 20.3 Å². The molecule has 10 nitrogen and oxygen atoms in total. The van der Waals surface area contributed by atoms with Gasteiger partial charge in [0.25, 0.3) is 5.90 Å². The van der Waals surface area contributed by atoms with Crippen molar-refractivity contribution < 1.29 is 19.3 Å². The van der Waals surface area contributed by atoms with Gasteiger partial charge < -0.3 is 10.8 Å². The molecule has 128 valence electrons. The van der Waals surface area contributed by atoms with Crippen molar-refractivity contribution >= 4 is 29.4 Å². The highest BCUT2D eigenvalue weighted by atomic mass is 16.3. The monoisotopic (exact) mass is 342 g/mol. The fourth-order valence-electron chi connectivity index (χ4n) is 2.43. The molecule has 10 heteroatoms. The molecule has 0 saturated carbocycles. The van der Waals surface area contributed by atoms with E-state index in [2.05, 4.69) is 20.4 Å². The largest absolute Gasteiger partial charge is 0.502 e. The highest BCUT2D eigenvalue weighted by Crippen LogP contribution is 2.21.